The Morgan fingerprint density at radius 3 is 2.37 bits per heavy atom. The Morgan fingerprint density at radius 1 is 0.971 bits per heavy atom. The molecule has 0 fully saturated rings. The molecule has 0 aliphatic carbocycles. The molecule has 8 nitrogen and oxygen atoms in total. The molecule has 3 aromatic rings. The second-order valence-corrected chi connectivity index (χ2v) is 8.47. The number of aryl methyl sites for hydroxylation is 4. The second-order valence-electron chi connectivity index (χ2n) is 8.47. The molecule has 35 heavy (non-hydrogen) atoms. The number of imide groups is 1. The van der Waals surface area contributed by atoms with Gasteiger partial charge in [0.2, 0.25) is 0 Å². The largest absolute Gasteiger partial charge is 0.452 e. The SMILES string of the molecule is Cc1ccc(Cn2nc(C)c(/C=C/C(=O)OCC(=O)NC(=O)Nc3ccc(C)c(C)c3)c2C)cc1. The number of ether oxygens (including phenoxy) is 1. The van der Waals surface area contributed by atoms with Gasteiger partial charge in [0.15, 0.2) is 6.61 Å². The van der Waals surface area contributed by atoms with E-state index in [1.54, 1.807) is 18.2 Å². The topological polar surface area (TPSA) is 102 Å². The van der Waals surface area contributed by atoms with Gasteiger partial charge in [-0.3, -0.25) is 14.8 Å². The van der Waals surface area contributed by atoms with E-state index >= 15 is 0 Å². The van der Waals surface area contributed by atoms with E-state index < -0.39 is 24.5 Å². The number of nitrogens with zero attached hydrogens (tertiary/aromatic N) is 2. The van der Waals surface area contributed by atoms with E-state index in [0.717, 1.165) is 33.6 Å². The molecular formula is C27H30N4O4. The van der Waals surface area contributed by atoms with Crippen LogP contribution in [-0.2, 0) is 20.9 Å². The number of rotatable bonds is 7. The maximum atomic E-state index is 12.1. The summed E-state index contributed by atoms with van der Waals surface area (Å²) in [6.45, 7) is 9.77. The molecule has 0 unspecified atom stereocenters. The number of nitrogens with one attached hydrogen (secondary N) is 2. The van der Waals surface area contributed by atoms with Crippen LogP contribution in [0.25, 0.3) is 6.08 Å². The highest BCUT2D eigenvalue weighted by Gasteiger charge is 2.12. The molecule has 0 spiro atoms. The van der Waals surface area contributed by atoms with Crippen molar-refractivity contribution in [2.45, 2.75) is 41.2 Å². The van der Waals surface area contributed by atoms with Gasteiger partial charge in [0.1, 0.15) is 0 Å². The van der Waals surface area contributed by atoms with Gasteiger partial charge in [-0.25, -0.2) is 9.59 Å². The van der Waals surface area contributed by atoms with Crippen molar-refractivity contribution in [2.24, 2.45) is 0 Å². The molecule has 2 N–H and O–H groups in total. The Balaban J connectivity index is 1.50. The average molecular weight is 475 g/mol. The summed E-state index contributed by atoms with van der Waals surface area (Å²) in [5, 5.41) is 9.27. The van der Waals surface area contributed by atoms with Crippen LogP contribution in [0, 0.1) is 34.6 Å². The number of hydrogen-bond donors (Lipinski definition) is 2. The molecule has 0 aliphatic rings. The molecule has 0 atom stereocenters. The Morgan fingerprint density at radius 2 is 1.69 bits per heavy atom. The quantitative estimate of drug-likeness (QED) is 0.391. The van der Waals surface area contributed by atoms with Crippen LogP contribution in [0.1, 0.15) is 39.2 Å². The number of amides is 3. The molecule has 182 valence electrons. The zero-order valence-electron chi connectivity index (χ0n) is 20.6. The third-order valence-electron chi connectivity index (χ3n) is 5.64. The lowest BCUT2D eigenvalue weighted by molar-refractivity contribution is -0.143. The van der Waals surface area contributed by atoms with Crippen molar-refractivity contribution in [3.05, 3.63) is 87.7 Å². The minimum absolute atomic E-state index is 0.562. The van der Waals surface area contributed by atoms with Gasteiger partial charge in [-0.2, -0.15) is 5.10 Å². The number of anilines is 1. The zero-order valence-corrected chi connectivity index (χ0v) is 20.6. The summed E-state index contributed by atoms with van der Waals surface area (Å²) in [4.78, 5) is 36.1. The lowest BCUT2D eigenvalue weighted by Crippen LogP contribution is -2.37. The average Bonchev–Trinajstić information content (AvgIpc) is 3.07. The van der Waals surface area contributed by atoms with Gasteiger partial charge in [0, 0.05) is 23.0 Å². The van der Waals surface area contributed by atoms with Crippen LogP contribution in [-0.4, -0.2) is 34.3 Å². The summed E-state index contributed by atoms with van der Waals surface area (Å²) in [6.07, 6.45) is 2.87. The number of esters is 1. The molecule has 2 aromatic carbocycles. The summed E-state index contributed by atoms with van der Waals surface area (Å²) in [5.74, 6) is -1.42. The molecule has 0 saturated heterocycles. The van der Waals surface area contributed by atoms with Gasteiger partial charge in [-0.1, -0.05) is 35.9 Å². The molecule has 0 radical (unpaired) electrons. The number of carbonyl (C=O) groups excluding carboxylic acids is 3. The lowest BCUT2D eigenvalue weighted by atomic mass is 10.1. The summed E-state index contributed by atoms with van der Waals surface area (Å²) >= 11 is 0. The molecule has 8 heteroatoms. The van der Waals surface area contributed by atoms with E-state index in [2.05, 4.69) is 40.0 Å². The summed E-state index contributed by atoms with van der Waals surface area (Å²) in [5.41, 5.74) is 7.49. The monoisotopic (exact) mass is 474 g/mol. The van der Waals surface area contributed by atoms with Crippen molar-refractivity contribution in [1.82, 2.24) is 15.1 Å². The van der Waals surface area contributed by atoms with Crippen molar-refractivity contribution >= 4 is 29.7 Å². The van der Waals surface area contributed by atoms with Gasteiger partial charge in [-0.15, -0.1) is 0 Å². The van der Waals surface area contributed by atoms with Gasteiger partial charge in [0.05, 0.1) is 12.2 Å². The maximum Gasteiger partial charge on any atom is 0.331 e. The molecule has 3 amide bonds. The third kappa shape index (κ3) is 7.14. The number of carbonyl (C=O) groups is 3. The van der Waals surface area contributed by atoms with Crippen molar-refractivity contribution in [3.63, 3.8) is 0 Å². The van der Waals surface area contributed by atoms with Crippen LogP contribution in [0.3, 0.4) is 0 Å². The summed E-state index contributed by atoms with van der Waals surface area (Å²) < 4.78 is 6.84. The molecular weight excluding hydrogens is 444 g/mol. The standard InChI is InChI=1S/C27H30N4O4/c1-17-6-9-22(10-7-17)15-31-21(5)24(20(4)30-31)12-13-26(33)35-16-25(32)29-27(34)28-23-11-8-18(2)19(3)14-23/h6-14H,15-16H2,1-5H3,(H2,28,29,32,34)/b13-12+. The Bertz CT molecular complexity index is 1270. The van der Waals surface area contributed by atoms with Crippen LogP contribution < -0.4 is 10.6 Å². The highest BCUT2D eigenvalue weighted by atomic mass is 16.5. The summed E-state index contributed by atoms with van der Waals surface area (Å²) in [6, 6.07) is 13.0. The van der Waals surface area contributed by atoms with E-state index in [1.807, 2.05) is 45.4 Å². The minimum Gasteiger partial charge on any atom is -0.452 e. The van der Waals surface area contributed by atoms with Crippen LogP contribution in [0.15, 0.2) is 48.5 Å². The van der Waals surface area contributed by atoms with E-state index in [0.29, 0.717) is 12.2 Å². The summed E-state index contributed by atoms with van der Waals surface area (Å²) in [7, 11) is 0. The van der Waals surface area contributed by atoms with Crippen LogP contribution in [0.5, 0.6) is 0 Å². The first kappa shape index (κ1) is 25.4. The third-order valence-corrected chi connectivity index (χ3v) is 5.64. The molecule has 1 heterocycles. The van der Waals surface area contributed by atoms with Gasteiger partial charge in [-0.05, 0) is 69.5 Å². The van der Waals surface area contributed by atoms with Gasteiger partial charge in [0.25, 0.3) is 5.91 Å². The van der Waals surface area contributed by atoms with E-state index in [9.17, 15) is 14.4 Å². The number of urea groups is 1. The fraction of sp³-hybridized carbons (Fsp3) is 0.259. The normalized spacial score (nSPS) is 10.9. The Kier molecular flexibility index (Phi) is 8.20. The van der Waals surface area contributed by atoms with Gasteiger partial charge >= 0.3 is 12.0 Å². The van der Waals surface area contributed by atoms with Gasteiger partial charge < -0.3 is 10.1 Å². The molecule has 0 bridgehead atoms. The fourth-order valence-electron chi connectivity index (χ4n) is 3.45. The lowest BCUT2D eigenvalue weighted by Gasteiger charge is -2.08. The van der Waals surface area contributed by atoms with E-state index in [1.165, 1.54) is 11.6 Å². The van der Waals surface area contributed by atoms with E-state index in [4.69, 9.17) is 4.74 Å². The smallest absolute Gasteiger partial charge is 0.331 e. The number of aromatic nitrogens is 2. The Hall–Kier alpha value is -4.20. The Labute approximate surface area is 205 Å². The molecule has 0 aliphatic heterocycles. The first-order valence-electron chi connectivity index (χ1n) is 11.2. The first-order valence-corrected chi connectivity index (χ1v) is 11.2. The van der Waals surface area contributed by atoms with E-state index in [-0.39, 0.29) is 0 Å². The van der Waals surface area contributed by atoms with Crippen LogP contribution >= 0.6 is 0 Å². The molecule has 3 rings (SSSR count). The highest BCUT2D eigenvalue weighted by molar-refractivity contribution is 6.02. The second kappa shape index (κ2) is 11.3. The van der Waals surface area contributed by atoms with Crippen molar-refractivity contribution in [2.75, 3.05) is 11.9 Å². The predicted molar refractivity (Wildman–Crippen MR) is 135 cm³/mol. The first-order chi connectivity index (χ1) is 16.6. The van der Waals surface area contributed by atoms with Crippen LogP contribution in [0.2, 0.25) is 0 Å². The van der Waals surface area contributed by atoms with Crippen molar-refractivity contribution < 1.29 is 19.1 Å². The number of hydrogen-bond acceptors (Lipinski definition) is 5. The molecule has 0 saturated carbocycles. The predicted octanol–water partition coefficient (Wildman–Crippen LogP) is 4.38. The van der Waals surface area contributed by atoms with Crippen molar-refractivity contribution in [1.29, 1.82) is 0 Å². The fourth-order valence-corrected chi connectivity index (χ4v) is 3.45. The maximum absolute atomic E-state index is 12.1. The number of benzene rings is 2. The minimum atomic E-state index is -0.730. The van der Waals surface area contributed by atoms with Crippen LogP contribution in [0.4, 0.5) is 10.5 Å². The molecule has 1 aromatic heterocycles. The highest BCUT2D eigenvalue weighted by Crippen LogP contribution is 2.17. The zero-order chi connectivity index (χ0) is 25.5. The van der Waals surface area contributed by atoms with Crippen molar-refractivity contribution in [3.8, 4) is 0 Å².